The molecule has 36 heavy (non-hydrogen) atoms. The monoisotopic (exact) mass is 481 g/mol. The third-order valence-electron chi connectivity index (χ3n) is 6.53. The number of halogens is 1. The highest BCUT2D eigenvalue weighted by Crippen LogP contribution is 2.37. The van der Waals surface area contributed by atoms with Crippen LogP contribution in [0.1, 0.15) is 0 Å². The van der Waals surface area contributed by atoms with Gasteiger partial charge in [0.1, 0.15) is 0 Å². The number of hydrogen-bond acceptors (Lipinski definition) is 1. The molecule has 0 unspecified atom stereocenters. The number of rotatable bonds is 5. The van der Waals surface area contributed by atoms with E-state index < -0.39 is 0 Å². The summed E-state index contributed by atoms with van der Waals surface area (Å²) in [5.41, 5.74) is 8.11. The Hall–Kier alpha value is -4.33. The smallest absolute Gasteiger partial charge is 0.0462 e. The molecule has 1 nitrogen and oxygen atoms in total. The van der Waals surface area contributed by atoms with E-state index in [1.807, 2.05) is 18.2 Å². The summed E-state index contributed by atoms with van der Waals surface area (Å²) in [5, 5.41) is 3.10. The van der Waals surface area contributed by atoms with Crippen LogP contribution in [0.2, 0.25) is 5.02 Å². The van der Waals surface area contributed by atoms with Gasteiger partial charge in [-0.15, -0.1) is 0 Å². The lowest BCUT2D eigenvalue weighted by Crippen LogP contribution is -2.09. The number of fused-ring (bicyclic) bond motifs is 1. The average molecular weight is 482 g/mol. The molecule has 0 N–H and O–H groups in total. The highest BCUT2D eigenvalue weighted by molar-refractivity contribution is 6.31. The van der Waals surface area contributed by atoms with Crippen LogP contribution in [0.25, 0.3) is 33.0 Å². The van der Waals surface area contributed by atoms with Gasteiger partial charge < -0.3 is 4.90 Å². The maximum absolute atomic E-state index is 6.32. The molecule has 0 spiro atoms. The normalized spacial score (nSPS) is 10.9. The number of para-hydroxylation sites is 1. The second kappa shape index (κ2) is 9.73. The minimum Gasteiger partial charge on any atom is -0.311 e. The summed E-state index contributed by atoms with van der Waals surface area (Å²) in [6, 6.07) is 51.0. The topological polar surface area (TPSA) is 3.24 Å². The molecule has 0 bridgehead atoms. The van der Waals surface area contributed by atoms with E-state index in [2.05, 4.69) is 132 Å². The Balaban J connectivity index is 1.40. The van der Waals surface area contributed by atoms with Crippen molar-refractivity contribution >= 4 is 39.4 Å². The quantitative estimate of drug-likeness (QED) is 0.236. The number of benzene rings is 6. The van der Waals surface area contributed by atoms with E-state index >= 15 is 0 Å². The van der Waals surface area contributed by atoms with Gasteiger partial charge in [-0.3, -0.25) is 0 Å². The fraction of sp³-hybridized carbons (Fsp3) is 0. The van der Waals surface area contributed by atoms with Crippen LogP contribution in [0.5, 0.6) is 0 Å². The van der Waals surface area contributed by atoms with Gasteiger partial charge in [0.25, 0.3) is 0 Å². The molecule has 0 saturated heterocycles. The van der Waals surface area contributed by atoms with Crippen molar-refractivity contribution in [2.75, 3.05) is 4.90 Å². The van der Waals surface area contributed by atoms with E-state index in [1.165, 1.54) is 27.6 Å². The molecule has 0 aromatic heterocycles. The zero-order valence-electron chi connectivity index (χ0n) is 19.7. The summed E-state index contributed by atoms with van der Waals surface area (Å²) in [6.45, 7) is 0. The zero-order chi connectivity index (χ0) is 24.3. The molecule has 6 aromatic carbocycles. The maximum atomic E-state index is 6.32. The molecule has 6 rings (SSSR count). The van der Waals surface area contributed by atoms with Crippen molar-refractivity contribution in [3.05, 3.63) is 151 Å². The predicted octanol–water partition coefficient (Wildman–Crippen LogP) is 10.3. The van der Waals surface area contributed by atoms with E-state index in [4.69, 9.17) is 11.6 Å². The Labute approximate surface area is 216 Å². The fourth-order valence-electron chi connectivity index (χ4n) is 4.74. The van der Waals surface area contributed by atoms with Crippen molar-refractivity contribution in [1.82, 2.24) is 0 Å². The van der Waals surface area contributed by atoms with E-state index in [0.29, 0.717) is 0 Å². The van der Waals surface area contributed by atoms with Gasteiger partial charge in [0.05, 0.1) is 0 Å². The van der Waals surface area contributed by atoms with Crippen LogP contribution in [-0.4, -0.2) is 0 Å². The van der Waals surface area contributed by atoms with Gasteiger partial charge in [-0.2, -0.15) is 0 Å². The lowest BCUT2D eigenvalue weighted by Gasteiger charge is -2.26. The van der Waals surface area contributed by atoms with Crippen molar-refractivity contribution in [1.29, 1.82) is 0 Å². The first-order valence-corrected chi connectivity index (χ1v) is 12.4. The molecule has 0 atom stereocenters. The first-order chi connectivity index (χ1) is 17.8. The van der Waals surface area contributed by atoms with Crippen molar-refractivity contribution in [2.24, 2.45) is 0 Å². The zero-order valence-corrected chi connectivity index (χ0v) is 20.4. The van der Waals surface area contributed by atoms with Gasteiger partial charge in [0, 0.05) is 22.1 Å². The van der Waals surface area contributed by atoms with E-state index in [-0.39, 0.29) is 0 Å². The molecule has 2 heteroatoms. The second-order valence-corrected chi connectivity index (χ2v) is 9.24. The standard InChI is InChI=1S/C34H24ClN/c35-29-19-14-27-10-7-13-33(34(27)24-29)28-17-22-32(23-18-28)36(30-11-5-2-6-12-30)31-20-15-26(16-21-31)25-8-3-1-4-9-25/h1-24H. The summed E-state index contributed by atoms with van der Waals surface area (Å²) < 4.78 is 0. The van der Waals surface area contributed by atoms with Gasteiger partial charge >= 0.3 is 0 Å². The van der Waals surface area contributed by atoms with Crippen molar-refractivity contribution in [2.45, 2.75) is 0 Å². The molecule has 0 fully saturated rings. The summed E-state index contributed by atoms with van der Waals surface area (Å²) in [5.74, 6) is 0. The second-order valence-electron chi connectivity index (χ2n) is 8.80. The third-order valence-corrected chi connectivity index (χ3v) is 6.76. The Morgan fingerprint density at radius 2 is 0.972 bits per heavy atom. The van der Waals surface area contributed by atoms with Gasteiger partial charge in [-0.1, -0.05) is 109 Å². The van der Waals surface area contributed by atoms with Gasteiger partial charge in [0.15, 0.2) is 0 Å². The summed E-state index contributed by atoms with van der Waals surface area (Å²) in [7, 11) is 0. The van der Waals surface area contributed by atoms with Crippen LogP contribution in [0, 0.1) is 0 Å². The molecule has 0 aliphatic rings. The molecule has 6 aromatic rings. The Kier molecular flexibility index (Phi) is 5.99. The van der Waals surface area contributed by atoms with Gasteiger partial charge in [0.2, 0.25) is 0 Å². The Bertz CT molecular complexity index is 1610. The van der Waals surface area contributed by atoms with Crippen LogP contribution in [0.15, 0.2) is 146 Å². The van der Waals surface area contributed by atoms with E-state index in [9.17, 15) is 0 Å². The molecule has 0 aliphatic carbocycles. The number of hydrogen-bond donors (Lipinski definition) is 0. The highest BCUT2D eigenvalue weighted by Gasteiger charge is 2.13. The first kappa shape index (κ1) is 22.2. The lowest BCUT2D eigenvalue weighted by atomic mass is 9.98. The number of anilines is 3. The van der Waals surface area contributed by atoms with E-state index in [1.54, 1.807) is 0 Å². The molecule has 0 heterocycles. The molecule has 0 saturated carbocycles. The van der Waals surface area contributed by atoms with Crippen LogP contribution < -0.4 is 4.90 Å². The minimum absolute atomic E-state index is 0.751. The summed E-state index contributed by atoms with van der Waals surface area (Å²) in [6.07, 6.45) is 0. The number of nitrogens with zero attached hydrogens (tertiary/aromatic N) is 1. The van der Waals surface area contributed by atoms with Crippen LogP contribution >= 0.6 is 11.6 Å². The Morgan fingerprint density at radius 1 is 0.417 bits per heavy atom. The fourth-order valence-corrected chi connectivity index (χ4v) is 4.92. The molecule has 0 radical (unpaired) electrons. The van der Waals surface area contributed by atoms with Crippen LogP contribution in [0.3, 0.4) is 0 Å². The molecule has 172 valence electrons. The predicted molar refractivity (Wildman–Crippen MR) is 155 cm³/mol. The largest absolute Gasteiger partial charge is 0.311 e. The molecular formula is C34H24ClN. The molecular weight excluding hydrogens is 458 g/mol. The van der Waals surface area contributed by atoms with Crippen molar-refractivity contribution in [3.8, 4) is 22.3 Å². The molecule has 0 aliphatic heterocycles. The first-order valence-electron chi connectivity index (χ1n) is 12.1. The maximum Gasteiger partial charge on any atom is 0.0462 e. The highest BCUT2D eigenvalue weighted by atomic mass is 35.5. The minimum atomic E-state index is 0.751. The van der Waals surface area contributed by atoms with Gasteiger partial charge in [-0.25, -0.2) is 0 Å². The van der Waals surface area contributed by atoms with Crippen LogP contribution in [0.4, 0.5) is 17.1 Å². The van der Waals surface area contributed by atoms with Crippen molar-refractivity contribution < 1.29 is 0 Å². The third kappa shape index (κ3) is 4.37. The summed E-state index contributed by atoms with van der Waals surface area (Å²) in [4.78, 5) is 2.29. The molecule has 0 amide bonds. The SMILES string of the molecule is Clc1ccc2cccc(-c3ccc(N(c4ccccc4)c4ccc(-c5ccccc5)cc4)cc3)c2c1. The van der Waals surface area contributed by atoms with Gasteiger partial charge in [-0.05, 0) is 81.6 Å². The van der Waals surface area contributed by atoms with Crippen molar-refractivity contribution in [3.63, 3.8) is 0 Å². The van der Waals surface area contributed by atoms with Crippen LogP contribution in [-0.2, 0) is 0 Å². The lowest BCUT2D eigenvalue weighted by molar-refractivity contribution is 1.28. The Morgan fingerprint density at radius 3 is 1.64 bits per heavy atom. The average Bonchev–Trinajstić information content (AvgIpc) is 2.95. The summed E-state index contributed by atoms with van der Waals surface area (Å²) >= 11 is 6.32. The van der Waals surface area contributed by atoms with E-state index in [0.717, 1.165) is 27.5 Å².